The number of hydrogen-bond donors (Lipinski definition) is 2. The highest BCUT2D eigenvalue weighted by molar-refractivity contribution is 7.07. The molecule has 1 aromatic heterocycles. The van der Waals surface area contributed by atoms with Crippen LogP contribution in [0.4, 0.5) is 0 Å². The fraction of sp³-hybridized carbons (Fsp3) is 0.714. The van der Waals surface area contributed by atoms with Crippen LogP contribution in [0.3, 0.4) is 0 Å². The maximum atomic E-state index is 9.93. The molecule has 0 bridgehead atoms. The van der Waals surface area contributed by atoms with Gasteiger partial charge in [0.2, 0.25) is 0 Å². The maximum absolute atomic E-state index is 9.93. The van der Waals surface area contributed by atoms with Crippen molar-refractivity contribution in [2.45, 2.75) is 38.7 Å². The molecular weight excluding hydrogens is 230 g/mol. The molecule has 0 saturated heterocycles. The highest BCUT2D eigenvalue weighted by Gasteiger charge is 2.18. The van der Waals surface area contributed by atoms with Crippen LogP contribution in [-0.4, -0.2) is 18.2 Å². The summed E-state index contributed by atoms with van der Waals surface area (Å²) in [6.07, 6.45) is 5.10. The Bertz CT molecular complexity index is 304. The smallest absolute Gasteiger partial charge is 0.0922 e. The Hall–Kier alpha value is -0.380. The van der Waals surface area contributed by atoms with E-state index in [1.165, 1.54) is 25.7 Å². The Kier molecular flexibility index (Phi) is 5.01. The first-order valence-electron chi connectivity index (χ1n) is 6.66. The van der Waals surface area contributed by atoms with E-state index in [1.54, 1.807) is 11.3 Å². The molecule has 3 heteroatoms. The molecule has 1 heterocycles. The van der Waals surface area contributed by atoms with Crippen molar-refractivity contribution in [1.82, 2.24) is 5.32 Å². The average Bonchev–Trinajstić information content (AvgIpc) is 2.85. The number of rotatable bonds is 5. The predicted octanol–water partition coefficient (Wildman–Crippen LogP) is 3.20. The zero-order valence-corrected chi connectivity index (χ0v) is 11.4. The molecule has 0 aliphatic heterocycles. The molecule has 1 aliphatic rings. The first-order chi connectivity index (χ1) is 8.25. The zero-order chi connectivity index (χ0) is 12.1. The van der Waals surface area contributed by atoms with Crippen LogP contribution in [0.2, 0.25) is 0 Å². The molecule has 1 unspecified atom stereocenters. The summed E-state index contributed by atoms with van der Waals surface area (Å²) in [6, 6.07) is 2.00. The number of nitrogens with one attached hydrogen (secondary N) is 1. The van der Waals surface area contributed by atoms with Gasteiger partial charge in [-0.3, -0.25) is 0 Å². The highest BCUT2D eigenvalue weighted by atomic mass is 32.1. The number of aliphatic hydroxyl groups is 1. The molecule has 2 N–H and O–H groups in total. The lowest BCUT2D eigenvalue weighted by Crippen LogP contribution is -2.29. The monoisotopic (exact) mass is 253 g/mol. The van der Waals surface area contributed by atoms with Crippen molar-refractivity contribution in [3.05, 3.63) is 22.4 Å². The molecule has 0 spiro atoms. The minimum Gasteiger partial charge on any atom is -0.387 e. The SMILES string of the molecule is CC1CCC(CNCC(O)c2ccsc2)CC1. The van der Waals surface area contributed by atoms with Gasteiger partial charge in [-0.25, -0.2) is 0 Å². The topological polar surface area (TPSA) is 32.3 Å². The van der Waals surface area contributed by atoms with Gasteiger partial charge in [0.15, 0.2) is 0 Å². The Morgan fingerprint density at radius 2 is 2.18 bits per heavy atom. The van der Waals surface area contributed by atoms with E-state index in [9.17, 15) is 5.11 Å². The lowest BCUT2D eigenvalue weighted by Gasteiger charge is -2.26. The molecule has 0 amide bonds. The Morgan fingerprint density at radius 3 is 2.82 bits per heavy atom. The summed E-state index contributed by atoms with van der Waals surface area (Å²) in [5.74, 6) is 1.74. The van der Waals surface area contributed by atoms with E-state index < -0.39 is 0 Å². The zero-order valence-electron chi connectivity index (χ0n) is 10.6. The van der Waals surface area contributed by atoms with E-state index in [0.29, 0.717) is 6.54 Å². The van der Waals surface area contributed by atoms with Gasteiger partial charge in [0.1, 0.15) is 0 Å². The van der Waals surface area contributed by atoms with Gasteiger partial charge in [0, 0.05) is 6.54 Å². The Morgan fingerprint density at radius 1 is 1.41 bits per heavy atom. The molecule has 2 nitrogen and oxygen atoms in total. The predicted molar refractivity (Wildman–Crippen MR) is 73.3 cm³/mol. The second kappa shape index (κ2) is 6.53. The number of hydrogen-bond acceptors (Lipinski definition) is 3. The first-order valence-corrected chi connectivity index (χ1v) is 7.61. The third-order valence-corrected chi connectivity index (χ3v) is 4.54. The molecule has 0 aromatic carbocycles. The molecule has 1 aliphatic carbocycles. The normalized spacial score (nSPS) is 26.9. The highest BCUT2D eigenvalue weighted by Crippen LogP contribution is 2.27. The summed E-state index contributed by atoms with van der Waals surface area (Å²) in [6.45, 7) is 4.10. The van der Waals surface area contributed by atoms with Crippen LogP contribution in [0.5, 0.6) is 0 Å². The Balaban J connectivity index is 1.63. The third-order valence-electron chi connectivity index (χ3n) is 3.83. The number of thiophene rings is 1. The maximum Gasteiger partial charge on any atom is 0.0922 e. The summed E-state index contributed by atoms with van der Waals surface area (Å²) in [4.78, 5) is 0. The molecular formula is C14H23NOS. The minimum absolute atomic E-state index is 0.344. The quantitative estimate of drug-likeness (QED) is 0.844. The van der Waals surface area contributed by atoms with Crippen molar-refractivity contribution < 1.29 is 5.11 Å². The van der Waals surface area contributed by atoms with Crippen LogP contribution in [0.25, 0.3) is 0 Å². The fourth-order valence-electron chi connectivity index (χ4n) is 2.54. The lowest BCUT2D eigenvalue weighted by atomic mass is 9.83. The van der Waals surface area contributed by atoms with Gasteiger partial charge in [-0.15, -0.1) is 0 Å². The van der Waals surface area contributed by atoms with Gasteiger partial charge in [-0.2, -0.15) is 11.3 Å². The standard InChI is InChI=1S/C14H23NOS/c1-11-2-4-12(5-3-11)8-15-9-14(16)13-6-7-17-10-13/h6-7,10-12,14-16H,2-5,8-9H2,1H3. The Labute approximate surface area is 108 Å². The molecule has 0 radical (unpaired) electrons. The molecule has 1 aromatic rings. The molecule has 1 saturated carbocycles. The molecule has 1 fully saturated rings. The second-order valence-corrected chi connectivity index (χ2v) is 6.14. The molecule has 2 rings (SSSR count). The van der Waals surface area contributed by atoms with Gasteiger partial charge in [0.05, 0.1) is 6.10 Å². The first kappa shape index (κ1) is 13.1. The van der Waals surface area contributed by atoms with E-state index in [4.69, 9.17) is 0 Å². The van der Waals surface area contributed by atoms with Crippen molar-refractivity contribution in [2.24, 2.45) is 11.8 Å². The van der Waals surface area contributed by atoms with Crippen LogP contribution >= 0.6 is 11.3 Å². The summed E-state index contributed by atoms with van der Waals surface area (Å²) >= 11 is 1.64. The molecule has 17 heavy (non-hydrogen) atoms. The van der Waals surface area contributed by atoms with Gasteiger partial charge < -0.3 is 10.4 Å². The van der Waals surface area contributed by atoms with E-state index >= 15 is 0 Å². The van der Waals surface area contributed by atoms with Crippen molar-refractivity contribution in [2.75, 3.05) is 13.1 Å². The summed E-state index contributed by atoms with van der Waals surface area (Å²) in [5.41, 5.74) is 1.04. The van der Waals surface area contributed by atoms with Gasteiger partial charge in [0.25, 0.3) is 0 Å². The van der Waals surface area contributed by atoms with Crippen LogP contribution in [0.1, 0.15) is 44.3 Å². The van der Waals surface area contributed by atoms with Crippen LogP contribution in [-0.2, 0) is 0 Å². The van der Waals surface area contributed by atoms with Gasteiger partial charge in [-0.1, -0.05) is 19.8 Å². The second-order valence-electron chi connectivity index (χ2n) is 5.36. The van der Waals surface area contributed by atoms with Gasteiger partial charge >= 0.3 is 0 Å². The summed E-state index contributed by atoms with van der Waals surface area (Å²) in [5, 5.41) is 17.4. The van der Waals surface area contributed by atoms with E-state index in [-0.39, 0.29) is 6.10 Å². The van der Waals surface area contributed by atoms with Crippen LogP contribution < -0.4 is 5.32 Å². The lowest BCUT2D eigenvalue weighted by molar-refractivity contribution is 0.170. The largest absolute Gasteiger partial charge is 0.387 e. The molecule has 1 atom stereocenters. The molecule has 96 valence electrons. The van der Waals surface area contributed by atoms with Crippen LogP contribution in [0, 0.1) is 11.8 Å². The third kappa shape index (κ3) is 4.09. The fourth-order valence-corrected chi connectivity index (χ4v) is 3.25. The van der Waals surface area contributed by atoms with E-state index in [1.807, 2.05) is 16.8 Å². The van der Waals surface area contributed by atoms with E-state index in [0.717, 1.165) is 23.9 Å². The van der Waals surface area contributed by atoms with Gasteiger partial charge in [-0.05, 0) is 53.6 Å². The minimum atomic E-state index is -0.344. The van der Waals surface area contributed by atoms with Crippen molar-refractivity contribution in [1.29, 1.82) is 0 Å². The van der Waals surface area contributed by atoms with Crippen LogP contribution in [0.15, 0.2) is 16.8 Å². The van der Waals surface area contributed by atoms with Crippen molar-refractivity contribution in [3.8, 4) is 0 Å². The summed E-state index contributed by atoms with van der Waals surface area (Å²) in [7, 11) is 0. The average molecular weight is 253 g/mol. The van der Waals surface area contributed by atoms with E-state index in [2.05, 4.69) is 12.2 Å². The van der Waals surface area contributed by atoms with Crippen molar-refractivity contribution >= 4 is 11.3 Å². The summed E-state index contributed by atoms with van der Waals surface area (Å²) < 4.78 is 0. The number of aliphatic hydroxyl groups excluding tert-OH is 1. The van der Waals surface area contributed by atoms with Crippen molar-refractivity contribution in [3.63, 3.8) is 0 Å².